The predicted octanol–water partition coefficient (Wildman–Crippen LogP) is 4.24. The number of carbonyl (C=O) groups is 1. The number of pyridine rings is 1. The minimum absolute atomic E-state index is 0.0927. The Hall–Kier alpha value is -3.31. The molecule has 174 valence electrons. The van der Waals surface area contributed by atoms with E-state index in [2.05, 4.69) is 4.98 Å². The van der Waals surface area contributed by atoms with E-state index in [4.69, 9.17) is 4.74 Å². The SMILES string of the molecule is COc1cc(C(C)=O)ccc1CN(Cc1cccnc1)S(=O)(=O)c1cc(F)c(F)c(F)c1F. The van der Waals surface area contributed by atoms with Gasteiger partial charge in [-0.05, 0) is 24.6 Å². The van der Waals surface area contributed by atoms with Crippen LogP contribution in [0.4, 0.5) is 17.6 Å². The molecular weight excluding hydrogens is 464 g/mol. The van der Waals surface area contributed by atoms with Crippen LogP contribution in [0.1, 0.15) is 28.4 Å². The van der Waals surface area contributed by atoms with Crippen LogP contribution in [0.5, 0.6) is 5.75 Å². The molecule has 0 radical (unpaired) electrons. The van der Waals surface area contributed by atoms with Crippen LogP contribution in [0.2, 0.25) is 0 Å². The lowest BCUT2D eigenvalue weighted by molar-refractivity contribution is 0.101. The summed E-state index contributed by atoms with van der Waals surface area (Å²) in [6.45, 7) is 0.570. The van der Waals surface area contributed by atoms with Crippen molar-refractivity contribution in [2.45, 2.75) is 24.9 Å². The van der Waals surface area contributed by atoms with Crippen molar-refractivity contribution < 1.29 is 35.5 Å². The van der Waals surface area contributed by atoms with Gasteiger partial charge in [0, 0.05) is 42.7 Å². The first kappa shape index (κ1) is 24.3. The van der Waals surface area contributed by atoms with Crippen molar-refractivity contribution in [1.29, 1.82) is 0 Å². The van der Waals surface area contributed by atoms with Crippen molar-refractivity contribution in [3.05, 3.63) is 88.8 Å². The molecule has 0 bridgehead atoms. The lowest BCUT2D eigenvalue weighted by Gasteiger charge is -2.24. The summed E-state index contributed by atoms with van der Waals surface area (Å²) < 4.78 is 87.9. The number of rotatable bonds is 8. The van der Waals surface area contributed by atoms with Gasteiger partial charge in [-0.2, -0.15) is 4.31 Å². The molecule has 0 aliphatic carbocycles. The number of Topliss-reactive ketones (excluding diaryl/α,β-unsaturated/α-hetero) is 1. The van der Waals surface area contributed by atoms with Crippen molar-refractivity contribution in [3.63, 3.8) is 0 Å². The highest BCUT2D eigenvalue weighted by Gasteiger charge is 2.33. The van der Waals surface area contributed by atoms with E-state index in [0.29, 0.717) is 16.7 Å². The van der Waals surface area contributed by atoms with Crippen LogP contribution in [0.15, 0.2) is 53.7 Å². The molecule has 0 aliphatic heterocycles. The highest BCUT2D eigenvalue weighted by molar-refractivity contribution is 7.89. The van der Waals surface area contributed by atoms with Gasteiger partial charge in [-0.25, -0.2) is 26.0 Å². The minimum atomic E-state index is -4.88. The second-order valence-electron chi connectivity index (χ2n) is 7.02. The van der Waals surface area contributed by atoms with E-state index in [1.165, 1.54) is 44.6 Å². The number of ketones is 1. The van der Waals surface area contributed by atoms with Crippen LogP contribution in [0, 0.1) is 23.3 Å². The van der Waals surface area contributed by atoms with E-state index >= 15 is 0 Å². The maximum absolute atomic E-state index is 14.4. The molecule has 0 atom stereocenters. The normalized spacial score (nSPS) is 11.6. The number of ether oxygens (including phenoxy) is 1. The lowest BCUT2D eigenvalue weighted by atomic mass is 10.1. The highest BCUT2D eigenvalue weighted by Crippen LogP contribution is 2.30. The molecule has 0 saturated heterocycles. The molecule has 2 aromatic carbocycles. The Kier molecular flexibility index (Phi) is 7.13. The fraction of sp³-hybridized carbons (Fsp3) is 0.182. The molecule has 3 aromatic rings. The van der Waals surface area contributed by atoms with E-state index in [1.54, 1.807) is 12.1 Å². The number of hydrogen-bond acceptors (Lipinski definition) is 5. The zero-order chi connectivity index (χ0) is 24.3. The summed E-state index contributed by atoms with van der Waals surface area (Å²) in [6.07, 6.45) is 2.82. The monoisotopic (exact) mass is 482 g/mol. The summed E-state index contributed by atoms with van der Waals surface area (Å²) in [5.74, 6) is -8.32. The summed E-state index contributed by atoms with van der Waals surface area (Å²) in [4.78, 5) is 14.2. The number of methoxy groups -OCH3 is 1. The summed E-state index contributed by atoms with van der Waals surface area (Å²) in [5, 5.41) is 0. The van der Waals surface area contributed by atoms with E-state index in [1.807, 2.05) is 0 Å². The van der Waals surface area contributed by atoms with Gasteiger partial charge in [-0.3, -0.25) is 9.78 Å². The van der Waals surface area contributed by atoms with Crippen LogP contribution in [0.25, 0.3) is 0 Å². The first-order valence-electron chi connectivity index (χ1n) is 9.46. The number of hydrogen-bond donors (Lipinski definition) is 0. The summed E-state index contributed by atoms with van der Waals surface area (Å²) in [5.41, 5.74) is 0.994. The topological polar surface area (TPSA) is 76.6 Å². The smallest absolute Gasteiger partial charge is 0.246 e. The van der Waals surface area contributed by atoms with Gasteiger partial charge >= 0.3 is 0 Å². The largest absolute Gasteiger partial charge is 0.496 e. The van der Waals surface area contributed by atoms with Crippen LogP contribution < -0.4 is 4.74 Å². The fourth-order valence-electron chi connectivity index (χ4n) is 3.08. The van der Waals surface area contributed by atoms with E-state index in [0.717, 1.165) is 4.31 Å². The van der Waals surface area contributed by atoms with Gasteiger partial charge < -0.3 is 4.74 Å². The van der Waals surface area contributed by atoms with Gasteiger partial charge in [0.25, 0.3) is 0 Å². The Morgan fingerprint density at radius 1 is 1.03 bits per heavy atom. The number of carbonyl (C=O) groups excluding carboxylic acids is 1. The van der Waals surface area contributed by atoms with Crippen molar-refractivity contribution in [2.24, 2.45) is 0 Å². The standard InChI is InChI=1S/C22H18F4N2O4S/c1-13(29)15-5-6-16(18(8-15)32-2)12-28(11-14-4-3-7-27-10-14)33(30,31)19-9-17(23)20(24)22(26)21(19)25/h3-10H,11-12H2,1-2H3. The van der Waals surface area contributed by atoms with Gasteiger partial charge in [0.2, 0.25) is 10.0 Å². The maximum atomic E-state index is 14.4. The summed E-state index contributed by atoms with van der Waals surface area (Å²) in [6, 6.07) is 7.49. The van der Waals surface area contributed by atoms with Crippen LogP contribution in [-0.4, -0.2) is 30.6 Å². The highest BCUT2D eigenvalue weighted by atomic mass is 32.2. The zero-order valence-corrected chi connectivity index (χ0v) is 18.3. The molecule has 33 heavy (non-hydrogen) atoms. The van der Waals surface area contributed by atoms with E-state index < -0.39 is 44.7 Å². The second-order valence-corrected chi connectivity index (χ2v) is 8.92. The maximum Gasteiger partial charge on any atom is 0.246 e. The Morgan fingerprint density at radius 2 is 1.76 bits per heavy atom. The first-order valence-corrected chi connectivity index (χ1v) is 10.9. The molecule has 11 heteroatoms. The van der Waals surface area contributed by atoms with Gasteiger partial charge in [0.05, 0.1) is 7.11 Å². The molecule has 6 nitrogen and oxygen atoms in total. The molecule has 0 amide bonds. The molecule has 0 fully saturated rings. The Balaban J connectivity index is 2.12. The molecule has 0 spiro atoms. The summed E-state index contributed by atoms with van der Waals surface area (Å²) >= 11 is 0. The average molecular weight is 482 g/mol. The van der Waals surface area contributed by atoms with Crippen LogP contribution in [0.3, 0.4) is 0 Å². The molecule has 0 aliphatic rings. The molecule has 1 heterocycles. The van der Waals surface area contributed by atoms with Crippen LogP contribution in [-0.2, 0) is 23.1 Å². The second kappa shape index (κ2) is 9.67. The third kappa shape index (κ3) is 5.04. The van der Waals surface area contributed by atoms with Gasteiger partial charge in [-0.1, -0.05) is 18.2 Å². The van der Waals surface area contributed by atoms with Crippen molar-refractivity contribution >= 4 is 15.8 Å². The number of benzene rings is 2. The summed E-state index contributed by atoms with van der Waals surface area (Å²) in [7, 11) is -3.57. The Labute approximate surface area is 187 Å². The van der Waals surface area contributed by atoms with Crippen molar-refractivity contribution in [1.82, 2.24) is 9.29 Å². The minimum Gasteiger partial charge on any atom is -0.496 e. The number of sulfonamides is 1. The molecule has 0 unspecified atom stereocenters. The molecule has 0 N–H and O–H groups in total. The Bertz CT molecular complexity index is 1300. The van der Waals surface area contributed by atoms with Crippen LogP contribution >= 0.6 is 0 Å². The predicted molar refractivity (Wildman–Crippen MR) is 110 cm³/mol. The van der Waals surface area contributed by atoms with Crippen molar-refractivity contribution in [2.75, 3.05) is 7.11 Å². The third-order valence-electron chi connectivity index (χ3n) is 4.81. The number of aromatic nitrogens is 1. The van der Waals surface area contributed by atoms with E-state index in [-0.39, 0.29) is 24.1 Å². The van der Waals surface area contributed by atoms with Gasteiger partial charge in [0.1, 0.15) is 10.6 Å². The van der Waals surface area contributed by atoms with Gasteiger partial charge in [0.15, 0.2) is 29.1 Å². The van der Waals surface area contributed by atoms with E-state index in [9.17, 15) is 30.8 Å². The molecule has 0 saturated carbocycles. The fourth-order valence-corrected chi connectivity index (χ4v) is 4.56. The number of halogens is 4. The van der Waals surface area contributed by atoms with Gasteiger partial charge in [-0.15, -0.1) is 0 Å². The number of nitrogens with zero attached hydrogens (tertiary/aromatic N) is 2. The average Bonchev–Trinajstić information content (AvgIpc) is 2.80. The molecular formula is C22H18F4N2O4S. The quantitative estimate of drug-likeness (QED) is 0.208. The molecule has 1 aromatic heterocycles. The first-order chi connectivity index (χ1) is 15.6. The third-order valence-corrected chi connectivity index (χ3v) is 6.60. The molecule has 3 rings (SSSR count). The lowest BCUT2D eigenvalue weighted by Crippen LogP contribution is -2.31. The zero-order valence-electron chi connectivity index (χ0n) is 17.5. The van der Waals surface area contributed by atoms with Crippen molar-refractivity contribution in [3.8, 4) is 5.75 Å². The Morgan fingerprint density at radius 3 is 2.36 bits per heavy atom.